The third-order valence-electron chi connectivity index (χ3n) is 5.62. The van der Waals surface area contributed by atoms with E-state index < -0.39 is 0 Å². The van der Waals surface area contributed by atoms with Crippen LogP contribution in [0, 0.1) is 17.3 Å². The molecule has 3 rings (SSSR count). The first kappa shape index (κ1) is 13.2. The molecule has 1 aromatic rings. The van der Waals surface area contributed by atoms with Crippen molar-refractivity contribution in [3.63, 3.8) is 0 Å². The Morgan fingerprint density at radius 3 is 2.42 bits per heavy atom. The van der Waals surface area contributed by atoms with Crippen molar-refractivity contribution in [2.75, 3.05) is 13.6 Å². The molecule has 1 aromatic carbocycles. The van der Waals surface area contributed by atoms with Gasteiger partial charge in [-0.2, -0.15) is 0 Å². The first-order valence-electron chi connectivity index (χ1n) is 7.98. The Balaban J connectivity index is 1.77. The fourth-order valence-corrected chi connectivity index (χ4v) is 4.71. The van der Waals surface area contributed by atoms with Crippen molar-refractivity contribution in [3.8, 4) is 0 Å². The van der Waals surface area contributed by atoms with Gasteiger partial charge in [-0.05, 0) is 67.5 Å². The lowest BCUT2D eigenvalue weighted by molar-refractivity contribution is 0.160. The lowest BCUT2D eigenvalue weighted by Crippen LogP contribution is -2.39. The van der Waals surface area contributed by atoms with Crippen molar-refractivity contribution in [1.29, 1.82) is 0 Å². The summed E-state index contributed by atoms with van der Waals surface area (Å²) in [5.74, 6) is 1.99. The van der Waals surface area contributed by atoms with Crippen LogP contribution in [0.15, 0.2) is 24.3 Å². The number of nitrogens with one attached hydrogen (secondary N) is 1. The van der Waals surface area contributed by atoms with Gasteiger partial charge in [-0.25, -0.2) is 0 Å². The maximum Gasteiger partial charge on any atom is 0.00108 e. The summed E-state index contributed by atoms with van der Waals surface area (Å²) in [6.45, 7) is 3.43. The molecule has 0 saturated heterocycles. The summed E-state index contributed by atoms with van der Waals surface area (Å²) in [5, 5.41) is 3.48. The van der Waals surface area contributed by atoms with Crippen LogP contribution < -0.4 is 5.32 Å². The molecule has 104 valence electrons. The van der Waals surface area contributed by atoms with Gasteiger partial charge in [0.05, 0.1) is 0 Å². The molecule has 1 nitrogen and oxygen atoms in total. The van der Waals surface area contributed by atoms with Crippen molar-refractivity contribution >= 4 is 0 Å². The number of hydrogen-bond donors (Lipinski definition) is 1. The van der Waals surface area contributed by atoms with E-state index in [1.807, 2.05) is 0 Å². The molecular formula is C18H27N. The van der Waals surface area contributed by atoms with Gasteiger partial charge in [0.25, 0.3) is 0 Å². The molecule has 19 heavy (non-hydrogen) atoms. The van der Waals surface area contributed by atoms with Gasteiger partial charge in [-0.3, -0.25) is 0 Å². The number of fused-ring (bicyclic) bond motifs is 2. The number of benzene rings is 1. The Kier molecular flexibility index (Phi) is 3.66. The molecule has 1 N–H and O–H groups in total. The largest absolute Gasteiger partial charge is 0.319 e. The van der Waals surface area contributed by atoms with Crippen molar-refractivity contribution in [3.05, 3.63) is 35.4 Å². The predicted octanol–water partition coefficient (Wildman–Crippen LogP) is 3.82. The molecule has 0 heterocycles. The second-order valence-corrected chi connectivity index (χ2v) is 6.82. The molecular weight excluding hydrogens is 230 g/mol. The number of hydrogen-bond acceptors (Lipinski definition) is 1. The fraction of sp³-hybridized carbons (Fsp3) is 0.667. The lowest BCUT2D eigenvalue weighted by atomic mass is 9.69. The summed E-state index contributed by atoms with van der Waals surface area (Å²) in [5.41, 5.74) is 3.55. The minimum atomic E-state index is 0.547. The molecule has 0 aliphatic heterocycles. The summed E-state index contributed by atoms with van der Waals surface area (Å²) >= 11 is 0. The van der Waals surface area contributed by atoms with E-state index in [1.165, 1.54) is 44.2 Å². The highest BCUT2D eigenvalue weighted by Gasteiger charge is 2.50. The van der Waals surface area contributed by atoms with Gasteiger partial charge < -0.3 is 5.32 Å². The fourth-order valence-electron chi connectivity index (χ4n) is 4.71. The van der Waals surface area contributed by atoms with Crippen LogP contribution in [0.1, 0.15) is 43.7 Å². The second-order valence-electron chi connectivity index (χ2n) is 6.82. The van der Waals surface area contributed by atoms with Gasteiger partial charge in [0, 0.05) is 6.54 Å². The van der Waals surface area contributed by atoms with Gasteiger partial charge >= 0.3 is 0 Å². The zero-order valence-electron chi connectivity index (χ0n) is 12.4. The van der Waals surface area contributed by atoms with Crippen molar-refractivity contribution < 1.29 is 0 Å². The minimum Gasteiger partial charge on any atom is -0.319 e. The quantitative estimate of drug-likeness (QED) is 0.845. The topological polar surface area (TPSA) is 12.0 Å². The molecule has 0 radical (unpaired) electrons. The van der Waals surface area contributed by atoms with Crippen molar-refractivity contribution in [2.45, 2.75) is 45.4 Å². The Labute approximate surface area is 117 Å². The van der Waals surface area contributed by atoms with Crippen LogP contribution in [-0.2, 0) is 12.8 Å². The van der Waals surface area contributed by atoms with Crippen LogP contribution >= 0.6 is 0 Å². The highest BCUT2D eigenvalue weighted by Crippen LogP contribution is 2.57. The standard InChI is InChI=1S/C18H27N/c1-3-14-4-6-15(7-5-14)11-18(13-19-2)12-16-8-9-17(18)10-16/h4-7,16-17,19H,3,8-13H2,1-2H3. The summed E-state index contributed by atoms with van der Waals surface area (Å²) in [6, 6.07) is 9.36. The summed E-state index contributed by atoms with van der Waals surface area (Å²) in [7, 11) is 2.12. The normalized spacial score (nSPS) is 32.9. The molecule has 0 aromatic heterocycles. The highest BCUT2D eigenvalue weighted by molar-refractivity contribution is 5.24. The van der Waals surface area contributed by atoms with E-state index in [9.17, 15) is 0 Å². The van der Waals surface area contributed by atoms with Gasteiger partial charge in [-0.1, -0.05) is 37.6 Å². The van der Waals surface area contributed by atoms with Crippen LogP contribution in [0.2, 0.25) is 0 Å². The molecule has 2 saturated carbocycles. The summed E-state index contributed by atoms with van der Waals surface area (Å²) < 4.78 is 0. The summed E-state index contributed by atoms with van der Waals surface area (Å²) in [4.78, 5) is 0. The monoisotopic (exact) mass is 257 g/mol. The predicted molar refractivity (Wildman–Crippen MR) is 81.3 cm³/mol. The Hall–Kier alpha value is -0.820. The number of aryl methyl sites for hydroxylation is 1. The zero-order valence-corrected chi connectivity index (χ0v) is 12.4. The Bertz CT molecular complexity index is 422. The van der Waals surface area contributed by atoms with E-state index in [4.69, 9.17) is 0 Å². The smallest absolute Gasteiger partial charge is 0.00108 e. The molecule has 1 heteroatoms. The molecule has 0 amide bonds. The average Bonchev–Trinajstić information content (AvgIpc) is 3.01. The van der Waals surface area contributed by atoms with Crippen LogP contribution in [0.25, 0.3) is 0 Å². The van der Waals surface area contributed by atoms with E-state index in [0.717, 1.165) is 18.3 Å². The maximum atomic E-state index is 3.48. The van der Waals surface area contributed by atoms with Gasteiger partial charge in [-0.15, -0.1) is 0 Å². The minimum absolute atomic E-state index is 0.547. The molecule has 0 spiro atoms. The summed E-state index contributed by atoms with van der Waals surface area (Å²) in [6.07, 6.45) is 8.33. The molecule has 3 atom stereocenters. The Morgan fingerprint density at radius 2 is 1.89 bits per heavy atom. The van der Waals surface area contributed by atoms with E-state index >= 15 is 0 Å². The SMILES string of the molecule is CCc1ccc(CC2(CNC)CC3CCC2C3)cc1. The Morgan fingerprint density at radius 1 is 1.16 bits per heavy atom. The maximum absolute atomic E-state index is 3.48. The molecule has 2 aliphatic carbocycles. The van der Waals surface area contributed by atoms with Crippen molar-refractivity contribution in [2.24, 2.45) is 17.3 Å². The van der Waals surface area contributed by atoms with Gasteiger partial charge in [0.15, 0.2) is 0 Å². The van der Waals surface area contributed by atoms with Crippen LogP contribution in [0.3, 0.4) is 0 Å². The first-order chi connectivity index (χ1) is 9.25. The second kappa shape index (κ2) is 5.28. The van der Waals surface area contributed by atoms with Crippen LogP contribution in [-0.4, -0.2) is 13.6 Å². The first-order valence-corrected chi connectivity index (χ1v) is 7.98. The van der Waals surface area contributed by atoms with Gasteiger partial charge in [0.2, 0.25) is 0 Å². The van der Waals surface area contributed by atoms with E-state index in [0.29, 0.717) is 5.41 Å². The third-order valence-corrected chi connectivity index (χ3v) is 5.62. The highest BCUT2D eigenvalue weighted by atomic mass is 14.8. The average molecular weight is 257 g/mol. The van der Waals surface area contributed by atoms with Crippen LogP contribution in [0.4, 0.5) is 0 Å². The molecule has 2 fully saturated rings. The molecule has 2 bridgehead atoms. The van der Waals surface area contributed by atoms with Crippen LogP contribution in [0.5, 0.6) is 0 Å². The van der Waals surface area contributed by atoms with Crippen molar-refractivity contribution in [1.82, 2.24) is 5.32 Å². The van der Waals surface area contributed by atoms with E-state index in [1.54, 1.807) is 5.56 Å². The third kappa shape index (κ3) is 2.45. The van der Waals surface area contributed by atoms with Gasteiger partial charge in [0.1, 0.15) is 0 Å². The zero-order chi connectivity index (χ0) is 13.3. The number of rotatable bonds is 5. The molecule has 3 unspecified atom stereocenters. The van der Waals surface area contributed by atoms with E-state index in [2.05, 4.69) is 43.6 Å². The van der Waals surface area contributed by atoms with E-state index in [-0.39, 0.29) is 0 Å². The lowest BCUT2D eigenvalue weighted by Gasteiger charge is -2.38. The molecule has 2 aliphatic rings.